The molecule has 3 saturated heterocycles. The molecule has 0 saturated carbocycles. The first kappa shape index (κ1) is 19.4. The Morgan fingerprint density at radius 1 is 1.21 bits per heavy atom. The fraction of sp³-hybridized carbons (Fsp3) is 0.636. The summed E-state index contributed by atoms with van der Waals surface area (Å²) in [6, 6.07) is 10.2. The molecule has 3 heterocycles. The van der Waals surface area contributed by atoms with Gasteiger partial charge >= 0.3 is 0 Å². The number of piperidine rings is 1. The van der Waals surface area contributed by atoms with Gasteiger partial charge in [-0.25, -0.2) is 0 Å². The monoisotopic (exact) mass is 385 g/mol. The number of rotatable bonds is 5. The highest BCUT2D eigenvalue weighted by Crippen LogP contribution is 2.41. The molecule has 152 valence electrons. The summed E-state index contributed by atoms with van der Waals surface area (Å²) >= 11 is 0. The van der Waals surface area contributed by atoms with Crippen molar-refractivity contribution >= 4 is 11.8 Å². The molecule has 3 aliphatic rings. The van der Waals surface area contributed by atoms with Crippen molar-refractivity contribution in [2.24, 2.45) is 5.41 Å². The van der Waals surface area contributed by atoms with E-state index in [0.29, 0.717) is 19.4 Å². The van der Waals surface area contributed by atoms with Gasteiger partial charge in [-0.15, -0.1) is 0 Å². The zero-order chi connectivity index (χ0) is 19.6. The maximum absolute atomic E-state index is 12.6. The number of aryl methyl sites for hydroxylation is 1. The van der Waals surface area contributed by atoms with Crippen LogP contribution in [0.3, 0.4) is 0 Å². The lowest BCUT2D eigenvalue weighted by Crippen LogP contribution is -2.49. The summed E-state index contributed by atoms with van der Waals surface area (Å²) < 4.78 is 0. The van der Waals surface area contributed by atoms with Crippen LogP contribution in [-0.2, 0) is 16.0 Å². The van der Waals surface area contributed by atoms with Gasteiger partial charge < -0.3 is 20.2 Å². The molecule has 0 radical (unpaired) electrons. The number of likely N-dealkylation sites (tertiary alicyclic amines) is 2. The van der Waals surface area contributed by atoms with Crippen LogP contribution in [0.2, 0.25) is 0 Å². The third kappa shape index (κ3) is 4.23. The standard InChI is InChI=1S/C22H31N3O3/c26-18-13-19(23-15-18)21(28)24-11-8-22(9-12-24)14-20(27)25(16-22)10-4-7-17-5-2-1-3-6-17/h1-3,5-6,18-19,23,26H,4,7-16H2/t18-,19+/m0/s1. The normalized spacial score (nSPS) is 27.0. The van der Waals surface area contributed by atoms with Crippen LogP contribution in [0.15, 0.2) is 30.3 Å². The Morgan fingerprint density at radius 3 is 2.64 bits per heavy atom. The molecule has 2 amide bonds. The summed E-state index contributed by atoms with van der Waals surface area (Å²) in [5, 5.41) is 12.8. The highest BCUT2D eigenvalue weighted by Gasteiger charge is 2.45. The minimum Gasteiger partial charge on any atom is -0.392 e. The number of aliphatic hydroxyl groups is 1. The van der Waals surface area contributed by atoms with Crippen molar-refractivity contribution in [1.29, 1.82) is 0 Å². The van der Waals surface area contributed by atoms with Crippen molar-refractivity contribution in [3.8, 4) is 0 Å². The summed E-state index contributed by atoms with van der Waals surface area (Å²) in [5.74, 6) is 0.379. The topological polar surface area (TPSA) is 72.9 Å². The maximum Gasteiger partial charge on any atom is 0.239 e. The molecule has 1 aromatic carbocycles. The van der Waals surface area contributed by atoms with E-state index in [0.717, 1.165) is 51.9 Å². The van der Waals surface area contributed by atoms with E-state index in [4.69, 9.17) is 0 Å². The predicted molar refractivity (Wildman–Crippen MR) is 107 cm³/mol. The molecule has 6 nitrogen and oxygen atoms in total. The van der Waals surface area contributed by atoms with E-state index in [1.54, 1.807) is 0 Å². The van der Waals surface area contributed by atoms with Crippen LogP contribution in [0.5, 0.6) is 0 Å². The number of nitrogens with one attached hydrogen (secondary N) is 1. The zero-order valence-corrected chi connectivity index (χ0v) is 16.5. The van der Waals surface area contributed by atoms with Gasteiger partial charge in [-0.1, -0.05) is 30.3 Å². The summed E-state index contributed by atoms with van der Waals surface area (Å²) in [7, 11) is 0. The Bertz CT molecular complexity index is 700. The minimum atomic E-state index is -0.415. The molecule has 2 N–H and O–H groups in total. The van der Waals surface area contributed by atoms with E-state index in [2.05, 4.69) is 29.6 Å². The molecule has 2 atom stereocenters. The van der Waals surface area contributed by atoms with Crippen molar-refractivity contribution in [2.45, 2.75) is 50.7 Å². The number of aliphatic hydroxyl groups excluding tert-OH is 1. The lowest BCUT2D eigenvalue weighted by atomic mass is 9.77. The molecule has 28 heavy (non-hydrogen) atoms. The number of amides is 2. The lowest BCUT2D eigenvalue weighted by molar-refractivity contribution is -0.135. The predicted octanol–water partition coefficient (Wildman–Crippen LogP) is 1.18. The summed E-state index contributed by atoms with van der Waals surface area (Å²) in [6.45, 7) is 3.60. The smallest absolute Gasteiger partial charge is 0.239 e. The van der Waals surface area contributed by atoms with Crippen LogP contribution in [0.1, 0.15) is 37.7 Å². The molecule has 0 bridgehead atoms. The molecule has 4 rings (SSSR count). The van der Waals surface area contributed by atoms with Gasteiger partial charge in [0.2, 0.25) is 11.8 Å². The number of β-amino-alcohol motifs (C(OH)–C–C–N with tert-alkyl or cyclic N) is 1. The summed E-state index contributed by atoms with van der Waals surface area (Å²) in [6.07, 6.45) is 4.51. The molecule has 1 spiro atoms. The van der Waals surface area contributed by atoms with Crippen molar-refractivity contribution in [1.82, 2.24) is 15.1 Å². The lowest BCUT2D eigenvalue weighted by Gasteiger charge is -2.39. The number of benzene rings is 1. The van der Waals surface area contributed by atoms with E-state index in [1.807, 2.05) is 15.9 Å². The summed E-state index contributed by atoms with van der Waals surface area (Å²) in [4.78, 5) is 29.1. The SMILES string of the molecule is O=C1CC2(CCN(C(=O)[C@H]3C[C@H](O)CN3)CC2)CN1CCCc1ccccc1. The molecule has 0 aromatic heterocycles. The van der Waals surface area contributed by atoms with Gasteiger partial charge in [-0.2, -0.15) is 0 Å². The van der Waals surface area contributed by atoms with Gasteiger partial charge in [0.15, 0.2) is 0 Å². The fourth-order valence-electron chi connectivity index (χ4n) is 4.97. The number of hydrogen-bond donors (Lipinski definition) is 2. The van der Waals surface area contributed by atoms with E-state index in [1.165, 1.54) is 5.56 Å². The highest BCUT2D eigenvalue weighted by atomic mass is 16.3. The van der Waals surface area contributed by atoms with Crippen LogP contribution < -0.4 is 5.32 Å². The van der Waals surface area contributed by atoms with E-state index in [-0.39, 0.29) is 23.3 Å². The molecule has 3 aliphatic heterocycles. The number of carbonyl (C=O) groups excluding carboxylic acids is 2. The van der Waals surface area contributed by atoms with E-state index in [9.17, 15) is 14.7 Å². The summed E-state index contributed by atoms with van der Waals surface area (Å²) in [5.41, 5.74) is 1.37. The average Bonchev–Trinajstić information content (AvgIpc) is 3.26. The molecule has 1 aromatic rings. The van der Waals surface area contributed by atoms with Crippen molar-refractivity contribution in [2.75, 3.05) is 32.7 Å². The first-order valence-electron chi connectivity index (χ1n) is 10.6. The van der Waals surface area contributed by atoms with Gasteiger partial charge in [0.05, 0.1) is 12.1 Å². The molecular weight excluding hydrogens is 354 g/mol. The molecular formula is C22H31N3O3. The van der Waals surface area contributed by atoms with Gasteiger partial charge in [0.25, 0.3) is 0 Å². The Hall–Kier alpha value is -1.92. The van der Waals surface area contributed by atoms with Crippen molar-refractivity contribution in [3.05, 3.63) is 35.9 Å². The van der Waals surface area contributed by atoms with Crippen LogP contribution >= 0.6 is 0 Å². The van der Waals surface area contributed by atoms with Gasteiger partial charge in [-0.3, -0.25) is 9.59 Å². The first-order chi connectivity index (χ1) is 13.5. The Balaban J connectivity index is 1.25. The number of nitrogens with zero attached hydrogens (tertiary/aromatic N) is 2. The van der Waals surface area contributed by atoms with Crippen LogP contribution in [0.4, 0.5) is 0 Å². The first-order valence-corrected chi connectivity index (χ1v) is 10.6. The highest BCUT2D eigenvalue weighted by molar-refractivity contribution is 5.83. The minimum absolute atomic E-state index is 0.0449. The second kappa shape index (κ2) is 8.21. The van der Waals surface area contributed by atoms with Gasteiger partial charge in [0.1, 0.15) is 0 Å². The van der Waals surface area contributed by atoms with Crippen LogP contribution in [0.25, 0.3) is 0 Å². The van der Waals surface area contributed by atoms with Crippen LogP contribution in [-0.4, -0.2) is 71.6 Å². The van der Waals surface area contributed by atoms with E-state index >= 15 is 0 Å². The molecule has 0 unspecified atom stereocenters. The zero-order valence-electron chi connectivity index (χ0n) is 16.5. The van der Waals surface area contributed by atoms with Gasteiger partial charge in [-0.05, 0) is 37.7 Å². The van der Waals surface area contributed by atoms with E-state index < -0.39 is 6.10 Å². The Labute approximate surface area is 166 Å². The number of hydrogen-bond acceptors (Lipinski definition) is 4. The Kier molecular flexibility index (Phi) is 5.69. The molecule has 0 aliphatic carbocycles. The largest absolute Gasteiger partial charge is 0.392 e. The van der Waals surface area contributed by atoms with Gasteiger partial charge in [0, 0.05) is 44.6 Å². The maximum atomic E-state index is 12.6. The van der Waals surface area contributed by atoms with Crippen molar-refractivity contribution in [3.63, 3.8) is 0 Å². The number of carbonyl (C=O) groups is 2. The Morgan fingerprint density at radius 2 is 1.96 bits per heavy atom. The molecule has 3 fully saturated rings. The quantitative estimate of drug-likeness (QED) is 0.799. The third-order valence-corrected chi connectivity index (χ3v) is 6.68. The van der Waals surface area contributed by atoms with Crippen molar-refractivity contribution < 1.29 is 14.7 Å². The second-order valence-corrected chi connectivity index (χ2v) is 8.76. The van der Waals surface area contributed by atoms with Crippen LogP contribution in [0, 0.1) is 5.41 Å². The molecule has 6 heteroatoms. The third-order valence-electron chi connectivity index (χ3n) is 6.68. The average molecular weight is 386 g/mol. The fourth-order valence-corrected chi connectivity index (χ4v) is 4.97. The second-order valence-electron chi connectivity index (χ2n) is 8.76.